The number of nitrogens with zero attached hydrogens (tertiary/aromatic N) is 1. The summed E-state index contributed by atoms with van der Waals surface area (Å²) >= 11 is 0. The third-order valence-corrected chi connectivity index (χ3v) is 8.72. The normalized spacial score (nSPS) is 26.2. The van der Waals surface area contributed by atoms with Crippen LogP contribution in [0, 0.1) is 17.8 Å². The molecule has 7 heteroatoms. The van der Waals surface area contributed by atoms with Crippen LogP contribution >= 0.6 is 0 Å². The first kappa shape index (κ1) is 25.0. The second-order valence-corrected chi connectivity index (χ2v) is 10.7. The van der Waals surface area contributed by atoms with E-state index in [1.54, 1.807) is 31.2 Å². The molecule has 4 atom stereocenters. The number of rotatable bonds is 4. The van der Waals surface area contributed by atoms with E-state index in [1.807, 2.05) is 25.1 Å². The highest BCUT2D eigenvalue weighted by atomic mass is 16.5. The maximum absolute atomic E-state index is 13.9. The van der Waals surface area contributed by atoms with Crippen molar-refractivity contribution in [1.82, 2.24) is 0 Å². The fourth-order valence-electron chi connectivity index (χ4n) is 6.75. The van der Waals surface area contributed by atoms with Crippen LogP contribution < -0.4 is 9.64 Å². The molecule has 39 heavy (non-hydrogen) atoms. The number of anilines is 1. The van der Waals surface area contributed by atoms with Crippen molar-refractivity contribution < 1.29 is 29.0 Å². The van der Waals surface area contributed by atoms with Gasteiger partial charge in [0.25, 0.3) is 0 Å². The van der Waals surface area contributed by atoms with Crippen LogP contribution in [0.4, 0.5) is 5.69 Å². The Hall–Kier alpha value is -4.26. The van der Waals surface area contributed by atoms with Gasteiger partial charge in [-0.15, -0.1) is 0 Å². The lowest BCUT2D eigenvalue weighted by Gasteiger charge is -2.42. The Bertz CT molecular complexity index is 1540. The number of carbonyl (C=O) groups is 4. The van der Waals surface area contributed by atoms with E-state index in [0.29, 0.717) is 40.1 Å². The fourth-order valence-corrected chi connectivity index (χ4v) is 6.75. The molecule has 0 saturated carbocycles. The number of benzene rings is 2. The number of amides is 2. The molecule has 0 aromatic heterocycles. The summed E-state index contributed by atoms with van der Waals surface area (Å²) in [5.41, 5.74) is 3.98. The van der Waals surface area contributed by atoms with Crippen LogP contribution in [0.1, 0.15) is 43.7 Å². The van der Waals surface area contributed by atoms with Crippen molar-refractivity contribution in [2.75, 3.05) is 12.0 Å². The van der Waals surface area contributed by atoms with E-state index in [4.69, 9.17) is 4.74 Å². The van der Waals surface area contributed by atoms with Gasteiger partial charge in [-0.2, -0.15) is 0 Å². The van der Waals surface area contributed by atoms with E-state index in [1.165, 1.54) is 24.2 Å². The van der Waals surface area contributed by atoms with E-state index >= 15 is 0 Å². The molecule has 7 nitrogen and oxygen atoms in total. The zero-order chi connectivity index (χ0) is 27.6. The standard InChI is InChI=1S/C32H29NO6/c1-4-17-5-7-18(8-6-17)33-31(37)22-12-11-20-23(28(22)32(33)38)15-24-25(34)13-16(2)30(36)29(24)27(20)21-10-9-19(39-3)14-26(21)35/h5-11,13-14,22-23,27-28,35H,4,12,15H2,1-3H3/t22-,23+,27+,28-/m0/s1. The van der Waals surface area contributed by atoms with E-state index in [-0.39, 0.29) is 35.6 Å². The molecular formula is C32H29NO6. The molecule has 0 bridgehead atoms. The van der Waals surface area contributed by atoms with Gasteiger partial charge in [-0.05, 0) is 61.9 Å². The van der Waals surface area contributed by atoms with Crippen molar-refractivity contribution in [2.24, 2.45) is 17.8 Å². The quantitative estimate of drug-likeness (QED) is 0.357. The summed E-state index contributed by atoms with van der Waals surface area (Å²) < 4.78 is 5.25. The minimum atomic E-state index is -0.702. The lowest BCUT2D eigenvalue weighted by molar-refractivity contribution is -0.123. The zero-order valence-electron chi connectivity index (χ0n) is 22.1. The van der Waals surface area contributed by atoms with Gasteiger partial charge >= 0.3 is 0 Å². The number of fused-ring (bicyclic) bond motifs is 3. The van der Waals surface area contributed by atoms with Gasteiger partial charge in [0.05, 0.1) is 24.6 Å². The number of ether oxygens (including phenoxy) is 1. The van der Waals surface area contributed by atoms with Crippen LogP contribution in [0.3, 0.4) is 0 Å². The van der Waals surface area contributed by atoms with E-state index in [0.717, 1.165) is 17.6 Å². The Morgan fingerprint density at radius 1 is 1.00 bits per heavy atom. The third kappa shape index (κ3) is 3.71. The molecule has 0 radical (unpaired) electrons. The van der Waals surface area contributed by atoms with Crippen molar-refractivity contribution >= 4 is 29.1 Å². The molecular weight excluding hydrogens is 494 g/mol. The molecule has 3 aliphatic carbocycles. The summed E-state index contributed by atoms with van der Waals surface area (Å²) in [6.07, 6.45) is 4.69. The van der Waals surface area contributed by atoms with Gasteiger partial charge in [0, 0.05) is 34.3 Å². The van der Waals surface area contributed by atoms with E-state index in [9.17, 15) is 24.3 Å². The van der Waals surface area contributed by atoms with Gasteiger partial charge in [0.1, 0.15) is 11.5 Å². The van der Waals surface area contributed by atoms with Crippen molar-refractivity contribution in [2.45, 2.75) is 39.0 Å². The summed E-state index contributed by atoms with van der Waals surface area (Å²) in [5, 5.41) is 11.0. The molecule has 1 saturated heterocycles. The van der Waals surface area contributed by atoms with Gasteiger partial charge in [-0.25, -0.2) is 0 Å². The number of hydrogen-bond donors (Lipinski definition) is 1. The largest absolute Gasteiger partial charge is 0.507 e. The van der Waals surface area contributed by atoms with Gasteiger partial charge in [-0.3, -0.25) is 24.1 Å². The fraction of sp³-hybridized carbons (Fsp3) is 0.312. The Kier molecular flexibility index (Phi) is 5.90. The summed E-state index contributed by atoms with van der Waals surface area (Å²) in [7, 11) is 1.50. The molecule has 2 aromatic carbocycles. The summed E-state index contributed by atoms with van der Waals surface area (Å²) in [6, 6.07) is 12.3. The van der Waals surface area contributed by atoms with Gasteiger partial charge in [-0.1, -0.05) is 36.8 Å². The first-order valence-corrected chi connectivity index (χ1v) is 13.3. The van der Waals surface area contributed by atoms with Crippen molar-refractivity contribution in [3.05, 3.63) is 88.0 Å². The number of ketones is 2. The summed E-state index contributed by atoms with van der Waals surface area (Å²) in [5.74, 6) is -2.98. The second kappa shape index (κ2) is 9.19. The highest BCUT2D eigenvalue weighted by molar-refractivity contribution is 6.25. The Labute approximate surface area is 226 Å². The predicted octanol–water partition coefficient (Wildman–Crippen LogP) is 4.60. The Morgan fingerprint density at radius 3 is 2.41 bits per heavy atom. The van der Waals surface area contributed by atoms with Crippen LogP contribution in [-0.4, -0.2) is 35.6 Å². The number of phenols is 1. The Balaban J connectivity index is 1.47. The molecule has 0 spiro atoms. The van der Waals surface area contributed by atoms with Gasteiger partial charge in [0.15, 0.2) is 11.6 Å². The highest BCUT2D eigenvalue weighted by Crippen LogP contribution is 2.56. The first-order chi connectivity index (χ1) is 18.7. The van der Waals surface area contributed by atoms with Gasteiger partial charge < -0.3 is 9.84 Å². The van der Waals surface area contributed by atoms with Crippen LogP contribution in [0.5, 0.6) is 11.5 Å². The second-order valence-electron chi connectivity index (χ2n) is 10.7. The average molecular weight is 524 g/mol. The number of Topliss-reactive ketones (excluding diaryl/α,β-unsaturated/α-hetero) is 1. The predicted molar refractivity (Wildman–Crippen MR) is 144 cm³/mol. The first-order valence-electron chi connectivity index (χ1n) is 13.3. The van der Waals surface area contributed by atoms with Crippen LogP contribution in [-0.2, 0) is 25.6 Å². The number of allylic oxidation sites excluding steroid dienone is 6. The molecule has 1 N–H and O–H groups in total. The minimum Gasteiger partial charge on any atom is -0.507 e. The number of methoxy groups -OCH3 is 1. The maximum Gasteiger partial charge on any atom is 0.238 e. The van der Waals surface area contributed by atoms with Crippen LogP contribution in [0.25, 0.3) is 0 Å². The number of aryl methyl sites for hydroxylation is 1. The van der Waals surface area contributed by atoms with Crippen molar-refractivity contribution in [3.63, 3.8) is 0 Å². The molecule has 2 amide bonds. The van der Waals surface area contributed by atoms with Crippen molar-refractivity contribution in [3.8, 4) is 11.5 Å². The number of carbonyl (C=O) groups excluding carboxylic acids is 4. The zero-order valence-corrected chi connectivity index (χ0v) is 22.1. The minimum absolute atomic E-state index is 0.0613. The number of aromatic hydroxyl groups is 1. The Morgan fingerprint density at radius 2 is 1.74 bits per heavy atom. The van der Waals surface area contributed by atoms with Crippen molar-refractivity contribution in [1.29, 1.82) is 0 Å². The molecule has 6 rings (SSSR count). The SMILES string of the molecule is CCc1ccc(N2C(=O)[C@H]3[C@H](CC=C4[C@H](c5ccc(OC)cc5O)C5=C(C[C@H]43)C(=O)C=C(C)C5=O)C2=O)cc1. The molecule has 1 aliphatic heterocycles. The van der Waals surface area contributed by atoms with E-state index < -0.39 is 23.7 Å². The lowest BCUT2D eigenvalue weighted by atomic mass is 9.59. The highest BCUT2D eigenvalue weighted by Gasteiger charge is 2.56. The number of hydrogen-bond acceptors (Lipinski definition) is 6. The summed E-state index contributed by atoms with van der Waals surface area (Å²) in [6.45, 7) is 3.66. The van der Waals surface area contributed by atoms with Crippen LogP contribution in [0.15, 0.2) is 76.9 Å². The molecule has 0 unspecified atom stereocenters. The molecule has 1 heterocycles. The third-order valence-electron chi connectivity index (χ3n) is 8.72. The van der Waals surface area contributed by atoms with Gasteiger partial charge in [0.2, 0.25) is 11.8 Å². The molecule has 1 fully saturated rings. The molecule has 2 aromatic rings. The van der Waals surface area contributed by atoms with Crippen LogP contribution in [0.2, 0.25) is 0 Å². The van der Waals surface area contributed by atoms with E-state index in [2.05, 4.69) is 0 Å². The monoisotopic (exact) mass is 523 g/mol. The number of imide groups is 1. The number of phenolic OH excluding ortho intramolecular Hbond substituents is 1. The average Bonchev–Trinajstić information content (AvgIpc) is 3.20. The molecule has 198 valence electrons. The molecule has 4 aliphatic rings. The smallest absolute Gasteiger partial charge is 0.238 e. The topological polar surface area (TPSA) is 101 Å². The summed E-state index contributed by atoms with van der Waals surface area (Å²) in [4.78, 5) is 55.6. The maximum atomic E-state index is 13.9. The lowest BCUT2D eigenvalue weighted by Crippen LogP contribution is -2.39.